The highest BCUT2D eigenvalue weighted by Crippen LogP contribution is 2.42. The number of benzene rings is 3. The van der Waals surface area contributed by atoms with Gasteiger partial charge in [-0.05, 0) is 66.3 Å². The molecule has 3 atom stereocenters. The molecule has 1 aliphatic heterocycles. The topological polar surface area (TPSA) is 113 Å². The first-order chi connectivity index (χ1) is 19.6. The van der Waals surface area contributed by atoms with Crippen LogP contribution in [0.2, 0.25) is 10.0 Å². The fourth-order valence-corrected chi connectivity index (χ4v) is 6.65. The van der Waals surface area contributed by atoms with Crippen LogP contribution in [0.4, 0.5) is 5.69 Å². The van der Waals surface area contributed by atoms with Gasteiger partial charge in [-0.1, -0.05) is 75.2 Å². The summed E-state index contributed by atoms with van der Waals surface area (Å²) in [4.78, 5) is 28.4. The highest BCUT2D eigenvalue weighted by Gasteiger charge is 2.46. The van der Waals surface area contributed by atoms with E-state index >= 15 is 0 Å². The first kappa shape index (κ1) is 32.0. The number of rotatable bonds is 8. The molecule has 0 spiro atoms. The highest BCUT2D eigenvalue weighted by atomic mass is 35.5. The third-order valence-corrected chi connectivity index (χ3v) is 9.06. The van der Waals surface area contributed by atoms with Crippen LogP contribution < -0.4 is 9.62 Å². The number of ether oxygens (including phenoxy) is 1. The van der Waals surface area contributed by atoms with Crippen LogP contribution in [0.5, 0.6) is 0 Å². The summed E-state index contributed by atoms with van der Waals surface area (Å²) in [5, 5.41) is 11.1. The summed E-state index contributed by atoms with van der Waals surface area (Å²) in [6.45, 7) is 9.75. The van der Waals surface area contributed by atoms with Crippen LogP contribution in [0.15, 0.2) is 65.6 Å². The molecule has 3 aromatic rings. The molecule has 11 heteroatoms. The molecule has 2 N–H and O–H groups in total. The predicted molar refractivity (Wildman–Crippen MR) is 164 cm³/mol. The Morgan fingerprint density at radius 1 is 1.07 bits per heavy atom. The molecule has 1 aliphatic rings. The largest absolute Gasteiger partial charge is 0.480 e. The zero-order valence-electron chi connectivity index (χ0n) is 24.0. The molecule has 0 fully saturated rings. The summed E-state index contributed by atoms with van der Waals surface area (Å²) in [6, 6.07) is 14.4. The minimum atomic E-state index is -4.38. The molecule has 1 unspecified atom stereocenters. The Kier molecular flexibility index (Phi) is 9.40. The average Bonchev–Trinajstić information content (AvgIpc) is 3.01. The molecule has 0 bridgehead atoms. The maximum absolute atomic E-state index is 14.3. The molecule has 42 heavy (non-hydrogen) atoms. The quantitative estimate of drug-likeness (QED) is 0.307. The maximum atomic E-state index is 14.3. The van der Waals surface area contributed by atoms with E-state index in [1.807, 2.05) is 34.6 Å². The Balaban J connectivity index is 1.89. The molecule has 224 valence electrons. The average molecular weight is 634 g/mol. The second-order valence-electron chi connectivity index (χ2n) is 11.5. The van der Waals surface area contributed by atoms with Gasteiger partial charge in [0.25, 0.3) is 5.91 Å². The monoisotopic (exact) mass is 632 g/mol. The van der Waals surface area contributed by atoms with Crippen molar-refractivity contribution < 1.29 is 27.9 Å². The lowest BCUT2D eigenvalue weighted by atomic mass is 9.94. The van der Waals surface area contributed by atoms with Crippen LogP contribution in [0.3, 0.4) is 0 Å². The summed E-state index contributed by atoms with van der Waals surface area (Å²) in [5.74, 6) is -2.28. The number of nitrogens with one attached hydrogen (secondary N) is 1. The van der Waals surface area contributed by atoms with Gasteiger partial charge in [-0.15, -0.1) is 0 Å². The number of carbonyl (C=O) groups is 2. The fraction of sp³-hybridized carbons (Fsp3) is 0.355. The third-order valence-electron chi connectivity index (χ3n) is 7.04. The first-order valence-electron chi connectivity index (χ1n) is 13.5. The van der Waals surface area contributed by atoms with Gasteiger partial charge in [0, 0.05) is 33.4 Å². The molecule has 8 nitrogen and oxygen atoms in total. The molecule has 0 aromatic heterocycles. The van der Waals surface area contributed by atoms with Crippen molar-refractivity contribution in [3.05, 3.63) is 93.0 Å². The molecular weight excluding hydrogens is 599 g/mol. The molecule has 4 rings (SSSR count). The number of hydrogen-bond acceptors (Lipinski definition) is 5. The normalized spacial score (nSPS) is 18.4. The van der Waals surface area contributed by atoms with E-state index in [0.29, 0.717) is 33.3 Å². The van der Waals surface area contributed by atoms with Gasteiger partial charge in [0.1, 0.15) is 6.10 Å². The smallest absolute Gasteiger partial charge is 0.325 e. The van der Waals surface area contributed by atoms with E-state index in [1.54, 1.807) is 48.5 Å². The number of halogens is 2. The number of anilines is 1. The maximum Gasteiger partial charge on any atom is 0.325 e. The SMILES string of the molecule is CCc1cc(S(=O)(=O)NC(C(=O)O)[C@@H]2O[C@@H](c3ccccc3Cl)c3cc(Cl)ccc3N(CC(C)(C)C)C2=O)ccc1C. The zero-order valence-corrected chi connectivity index (χ0v) is 26.3. The van der Waals surface area contributed by atoms with Crippen LogP contribution in [0.25, 0.3) is 0 Å². The molecular formula is C31H34Cl2N2O6S. The van der Waals surface area contributed by atoms with Crippen LogP contribution in [0.1, 0.15) is 56.1 Å². The van der Waals surface area contributed by atoms with E-state index in [1.165, 1.54) is 17.0 Å². The third kappa shape index (κ3) is 6.82. The number of fused-ring (bicyclic) bond motifs is 1. The van der Waals surface area contributed by atoms with Crippen molar-refractivity contribution in [3.63, 3.8) is 0 Å². The number of hydrogen-bond donors (Lipinski definition) is 2. The molecule has 3 aromatic carbocycles. The van der Waals surface area contributed by atoms with Gasteiger partial charge in [-0.25, -0.2) is 8.42 Å². The van der Waals surface area contributed by atoms with E-state index < -0.39 is 45.6 Å². The number of aliphatic carboxylic acids is 1. The van der Waals surface area contributed by atoms with E-state index in [0.717, 1.165) is 11.1 Å². The number of nitrogens with zero attached hydrogens (tertiary/aromatic N) is 1. The van der Waals surface area contributed by atoms with E-state index in [9.17, 15) is 23.1 Å². The lowest BCUT2D eigenvalue weighted by Crippen LogP contribution is -2.56. The number of amides is 1. The Morgan fingerprint density at radius 3 is 2.38 bits per heavy atom. The van der Waals surface area contributed by atoms with Crippen molar-refractivity contribution in [1.29, 1.82) is 0 Å². The number of aryl methyl sites for hydroxylation is 2. The summed E-state index contributed by atoms with van der Waals surface area (Å²) < 4.78 is 35.7. The summed E-state index contributed by atoms with van der Waals surface area (Å²) in [5.41, 5.74) is 2.71. The van der Waals surface area contributed by atoms with Crippen LogP contribution >= 0.6 is 23.2 Å². The lowest BCUT2D eigenvalue weighted by molar-refractivity contribution is -0.150. The molecule has 1 amide bonds. The number of sulfonamides is 1. The Morgan fingerprint density at radius 2 is 1.76 bits per heavy atom. The van der Waals surface area contributed by atoms with Crippen LogP contribution in [-0.2, 0) is 30.8 Å². The fourth-order valence-electron chi connectivity index (χ4n) is 4.99. The van der Waals surface area contributed by atoms with Crippen molar-refractivity contribution >= 4 is 50.8 Å². The molecule has 1 heterocycles. The lowest BCUT2D eigenvalue weighted by Gasteiger charge is -2.32. The summed E-state index contributed by atoms with van der Waals surface area (Å²) in [7, 11) is -4.38. The standard InChI is InChI=1S/C31H34Cl2N2O6S/c1-6-19-15-21(13-11-18(19)2)42(39,40)34-26(30(37)38)28-29(36)35(17-31(3,4)5)25-14-12-20(32)16-23(25)27(41-28)22-9-7-8-10-24(22)33/h7-16,26-28,34H,6,17H2,1-5H3,(H,37,38)/t26?,27-,28-/m0/s1. The zero-order chi connectivity index (χ0) is 31.0. The van der Waals surface area contributed by atoms with E-state index in [-0.39, 0.29) is 11.4 Å². The van der Waals surface area contributed by atoms with Gasteiger partial charge in [-0.3, -0.25) is 9.59 Å². The van der Waals surface area contributed by atoms with Crippen molar-refractivity contribution in [3.8, 4) is 0 Å². The second-order valence-corrected chi connectivity index (χ2v) is 14.1. The van der Waals surface area contributed by atoms with Crippen molar-refractivity contribution in [2.75, 3.05) is 11.4 Å². The first-order valence-corrected chi connectivity index (χ1v) is 15.7. The van der Waals surface area contributed by atoms with Gasteiger partial charge in [-0.2, -0.15) is 4.72 Å². The minimum Gasteiger partial charge on any atom is -0.480 e. The van der Waals surface area contributed by atoms with E-state index in [4.69, 9.17) is 27.9 Å². The number of carbonyl (C=O) groups excluding carboxylic acids is 1. The summed E-state index contributed by atoms with van der Waals surface area (Å²) >= 11 is 13.0. The van der Waals surface area contributed by atoms with Crippen molar-refractivity contribution in [2.24, 2.45) is 5.41 Å². The molecule has 0 saturated carbocycles. The molecule has 0 saturated heterocycles. The summed E-state index contributed by atoms with van der Waals surface area (Å²) in [6.07, 6.45) is -2.21. The van der Waals surface area contributed by atoms with Gasteiger partial charge in [0.2, 0.25) is 10.0 Å². The van der Waals surface area contributed by atoms with Gasteiger partial charge >= 0.3 is 5.97 Å². The number of carboxylic acids is 1. The Labute approximate surface area is 256 Å². The highest BCUT2D eigenvalue weighted by molar-refractivity contribution is 7.89. The molecule has 0 radical (unpaired) electrons. The Bertz CT molecular complexity index is 1620. The Hall–Kier alpha value is -2.95. The van der Waals surface area contributed by atoms with Gasteiger partial charge in [0.15, 0.2) is 12.1 Å². The second kappa shape index (κ2) is 12.3. The van der Waals surface area contributed by atoms with Crippen LogP contribution in [0, 0.1) is 12.3 Å². The van der Waals surface area contributed by atoms with Gasteiger partial charge in [0.05, 0.1) is 4.90 Å². The predicted octanol–water partition coefficient (Wildman–Crippen LogP) is 6.16. The van der Waals surface area contributed by atoms with Crippen molar-refractivity contribution in [1.82, 2.24) is 4.72 Å². The van der Waals surface area contributed by atoms with Gasteiger partial charge < -0.3 is 14.7 Å². The minimum absolute atomic E-state index is 0.110. The van der Waals surface area contributed by atoms with E-state index in [2.05, 4.69) is 4.72 Å². The van der Waals surface area contributed by atoms with Crippen LogP contribution in [-0.4, -0.2) is 44.1 Å². The molecule has 0 aliphatic carbocycles. The van der Waals surface area contributed by atoms with Crippen molar-refractivity contribution in [2.45, 2.75) is 64.2 Å². The number of carboxylic acid groups (broad SMARTS) is 1.